The number of esters is 1. The maximum absolute atomic E-state index is 13.2. The van der Waals surface area contributed by atoms with Crippen LogP contribution in [0.1, 0.15) is 290 Å². The number of amides is 1. The van der Waals surface area contributed by atoms with Gasteiger partial charge in [0.1, 0.15) is 6.10 Å². The number of hydrogen-bond donors (Lipinski definition) is 3. The van der Waals surface area contributed by atoms with Crippen molar-refractivity contribution >= 4 is 11.9 Å². The normalized spacial score (nSPS) is 13.6. The van der Waals surface area contributed by atoms with Gasteiger partial charge >= 0.3 is 5.97 Å². The van der Waals surface area contributed by atoms with Crippen molar-refractivity contribution in [3.05, 3.63) is 60.8 Å². The summed E-state index contributed by atoms with van der Waals surface area (Å²) in [4.78, 5) is 26.2. The van der Waals surface area contributed by atoms with Crippen LogP contribution in [0.4, 0.5) is 0 Å². The number of nitrogens with one attached hydrogen (secondary N) is 1. The first-order valence-corrected chi connectivity index (χ1v) is 29.0. The summed E-state index contributed by atoms with van der Waals surface area (Å²) in [6, 6.07) is -0.718. The molecule has 0 aliphatic carbocycles. The lowest BCUT2D eigenvalue weighted by molar-refractivity contribution is -0.151. The third kappa shape index (κ3) is 49.8. The molecule has 390 valence electrons. The van der Waals surface area contributed by atoms with Crippen molar-refractivity contribution in [2.75, 3.05) is 6.61 Å². The summed E-state index contributed by atoms with van der Waals surface area (Å²) in [6.07, 6.45) is 68.6. The fourth-order valence-corrected chi connectivity index (χ4v) is 8.65. The van der Waals surface area contributed by atoms with Crippen LogP contribution in [-0.4, -0.2) is 46.9 Å². The van der Waals surface area contributed by atoms with Crippen LogP contribution in [0.2, 0.25) is 0 Å². The number of carbonyl (C=O) groups excluding carboxylic acids is 2. The Hall–Kier alpha value is -2.44. The van der Waals surface area contributed by atoms with Gasteiger partial charge in [0.15, 0.2) is 0 Å². The number of rotatable bonds is 52. The van der Waals surface area contributed by atoms with E-state index in [0.717, 1.165) is 83.5 Å². The van der Waals surface area contributed by atoms with Gasteiger partial charge in [-0.2, -0.15) is 0 Å². The number of aliphatic hydroxyl groups excluding tert-OH is 2. The van der Waals surface area contributed by atoms with Gasteiger partial charge in [0.25, 0.3) is 0 Å². The lowest BCUT2D eigenvalue weighted by atomic mass is 10.0. The van der Waals surface area contributed by atoms with Crippen molar-refractivity contribution in [3.8, 4) is 0 Å². The standard InChI is InChI=1S/C61H111NO5/c1-4-7-10-13-16-19-22-25-27-29-30-32-34-36-39-42-45-48-51-54-61(66)67-57(52-49-46-43-40-37-24-21-18-15-12-9-6-3)55-60(65)62-58(56-63)59(64)53-50-47-44-41-38-35-33-31-28-26-23-20-17-14-11-8-5-2/h16,19,25,27,30,32,36,39-40,43,57-59,63-64H,4-15,17-18,20-24,26,28-29,31,33-35,37-38,41-42,44-56H2,1-3H3,(H,62,65)/b19-16-,27-25-,32-30-,39-36-,43-40-. The van der Waals surface area contributed by atoms with Gasteiger partial charge in [0.2, 0.25) is 5.91 Å². The van der Waals surface area contributed by atoms with E-state index in [0.29, 0.717) is 19.3 Å². The van der Waals surface area contributed by atoms with Gasteiger partial charge in [-0.05, 0) is 89.9 Å². The van der Waals surface area contributed by atoms with Gasteiger partial charge in [-0.3, -0.25) is 9.59 Å². The Balaban J connectivity index is 4.56. The van der Waals surface area contributed by atoms with Crippen molar-refractivity contribution < 1.29 is 24.5 Å². The summed E-state index contributed by atoms with van der Waals surface area (Å²) < 4.78 is 5.92. The molecule has 0 saturated carbocycles. The highest BCUT2D eigenvalue weighted by Crippen LogP contribution is 2.17. The Bertz CT molecular complexity index is 1190. The first-order chi connectivity index (χ1) is 33.0. The lowest BCUT2D eigenvalue weighted by Gasteiger charge is -2.24. The van der Waals surface area contributed by atoms with Crippen LogP contribution in [0.5, 0.6) is 0 Å². The van der Waals surface area contributed by atoms with Crippen molar-refractivity contribution in [2.24, 2.45) is 0 Å². The molecule has 0 aromatic rings. The van der Waals surface area contributed by atoms with E-state index < -0.39 is 18.2 Å². The number of ether oxygens (including phenoxy) is 1. The fourth-order valence-electron chi connectivity index (χ4n) is 8.65. The molecule has 0 heterocycles. The van der Waals surface area contributed by atoms with Crippen LogP contribution in [0.15, 0.2) is 60.8 Å². The van der Waals surface area contributed by atoms with E-state index in [1.165, 1.54) is 161 Å². The number of carbonyl (C=O) groups is 2. The van der Waals surface area contributed by atoms with E-state index in [9.17, 15) is 19.8 Å². The molecule has 0 aliphatic heterocycles. The molecule has 0 bridgehead atoms. The quantitative estimate of drug-likeness (QED) is 0.0321. The van der Waals surface area contributed by atoms with Crippen LogP contribution in [0.3, 0.4) is 0 Å². The van der Waals surface area contributed by atoms with E-state index in [1.807, 2.05) is 0 Å². The monoisotopic (exact) mass is 938 g/mol. The number of hydrogen-bond acceptors (Lipinski definition) is 5. The Kier molecular flexibility index (Phi) is 52.5. The summed E-state index contributed by atoms with van der Waals surface area (Å²) in [7, 11) is 0. The smallest absolute Gasteiger partial charge is 0.306 e. The molecule has 0 rings (SSSR count). The first-order valence-electron chi connectivity index (χ1n) is 29.0. The molecule has 0 aromatic heterocycles. The third-order valence-corrected chi connectivity index (χ3v) is 13.1. The Morgan fingerprint density at radius 1 is 0.433 bits per heavy atom. The maximum Gasteiger partial charge on any atom is 0.306 e. The number of allylic oxidation sites excluding steroid dienone is 10. The molecule has 6 nitrogen and oxygen atoms in total. The predicted molar refractivity (Wildman–Crippen MR) is 292 cm³/mol. The molecule has 1 amide bonds. The average molecular weight is 939 g/mol. The minimum atomic E-state index is -0.802. The summed E-state index contributed by atoms with van der Waals surface area (Å²) in [5.41, 5.74) is 0. The molecule has 3 atom stereocenters. The predicted octanol–water partition coefficient (Wildman–Crippen LogP) is 18.0. The van der Waals surface area contributed by atoms with Crippen LogP contribution in [0, 0.1) is 0 Å². The second kappa shape index (κ2) is 54.5. The van der Waals surface area contributed by atoms with Crippen molar-refractivity contribution in [3.63, 3.8) is 0 Å². The van der Waals surface area contributed by atoms with Gasteiger partial charge in [-0.15, -0.1) is 0 Å². The summed E-state index contributed by atoms with van der Waals surface area (Å²) in [5, 5.41) is 23.9. The largest absolute Gasteiger partial charge is 0.462 e. The van der Waals surface area contributed by atoms with E-state index in [1.54, 1.807) is 0 Å². The molecule has 0 saturated heterocycles. The highest BCUT2D eigenvalue weighted by molar-refractivity contribution is 5.77. The highest BCUT2D eigenvalue weighted by Gasteiger charge is 2.24. The highest BCUT2D eigenvalue weighted by atomic mass is 16.5. The fraction of sp³-hybridized carbons (Fsp3) is 0.803. The molecule has 0 aliphatic rings. The number of unbranched alkanes of at least 4 members (excludes halogenated alkanes) is 30. The van der Waals surface area contributed by atoms with Gasteiger partial charge in [-0.1, -0.05) is 248 Å². The van der Waals surface area contributed by atoms with Gasteiger partial charge < -0.3 is 20.3 Å². The molecule has 67 heavy (non-hydrogen) atoms. The molecule has 0 radical (unpaired) electrons. The molecular weight excluding hydrogens is 827 g/mol. The second-order valence-corrected chi connectivity index (χ2v) is 19.7. The summed E-state index contributed by atoms with van der Waals surface area (Å²) >= 11 is 0. The van der Waals surface area contributed by atoms with Crippen LogP contribution in [0.25, 0.3) is 0 Å². The zero-order valence-corrected chi connectivity index (χ0v) is 44.5. The van der Waals surface area contributed by atoms with Crippen LogP contribution in [-0.2, 0) is 14.3 Å². The molecule has 3 N–H and O–H groups in total. The minimum absolute atomic E-state index is 0.0435. The summed E-state index contributed by atoms with van der Waals surface area (Å²) in [6.45, 7) is 6.46. The van der Waals surface area contributed by atoms with Crippen molar-refractivity contribution in [1.29, 1.82) is 0 Å². The second-order valence-electron chi connectivity index (χ2n) is 19.7. The molecular formula is C61H111NO5. The average Bonchev–Trinajstić information content (AvgIpc) is 3.32. The Morgan fingerprint density at radius 3 is 1.22 bits per heavy atom. The summed E-state index contributed by atoms with van der Waals surface area (Å²) in [5.74, 6) is -0.533. The molecule has 0 aromatic carbocycles. The molecule has 0 spiro atoms. The Morgan fingerprint density at radius 2 is 0.776 bits per heavy atom. The Labute approximate surface area is 416 Å². The maximum atomic E-state index is 13.2. The topological polar surface area (TPSA) is 95.9 Å². The van der Waals surface area contributed by atoms with E-state index in [-0.39, 0.29) is 24.9 Å². The van der Waals surface area contributed by atoms with Gasteiger partial charge in [0, 0.05) is 6.42 Å². The zero-order chi connectivity index (χ0) is 48.8. The zero-order valence-electron chi connectivity index (χ0n) is 44.5. The van der Waals surface area contributed by atoms with E-state index in [4.69, 9.17) is 4.74 Å². The SMILES string of the molecule is CCCCC/C=C\C/C=C\C/C=C\C/C=C\CCCCCC(=O)OC(CCC/C=C\CCCCCCCCC)CC(=O)NC(CO)C(O)CCCCCCCCCCCCCCCCCCC. The lowest BCUT2D eigenvalue weighted by Crippen LogP contribution is -2.46. The minimum Gasteiger partial charge on any atom is -0.462 e. The van der Waals surface area contributed by atoms with Crippen molar-refractivity contribution in [1.82, 2.24) is 5.32 Å². The number of aliphatic hydroxyl groups is 2. The first kappa shape index (κ1) is 64.6. The van der Waals surface area contributed by atoms with Gasteiger partial charge in [-0.25, -0.2) is 0 Å². The van der Waals surface area contributed by atoms with Crippen molar-refractivity contribution in [2.45, 2.75) is 309 Å². The molecule has 0 fully saturated rings. The molecule has 6 heteroatoms. The third-order valence-electron chi connectivity index (χ3n) is 13.1. The van der Waals surface area contributed by atoms with E-state index >= 15 is 0 Å². The van der Waals surface area contributed by atoms with Crippen LogP contribution < -0.4 is 5.32 Å². The van der Waals surface area contributed by atoms with Crippen LogP contribution >= 0.6 is 0 Å². The van der Waals surface area contributed by atoms with E-state index in [2.05, 4.69) is 86.8 Å². The molecule has 3 unspecified atom stereocenters. The van der Waals surface area contributed by atoms with Gasteiger partial charge in [0.05, 0.1) is 25.2 Å².